The lowest BCUT2D eigenvalue weighted by Gasteiger charge is -2.17. The number of allylic oxidation sites excluding steroid dienone is 1. The minimum absolute atomic E-state index is 0.178. The number of benzene rings is 1. The van der Waals surface area contributed by atoms with Crippen molar-refractivity contribution in [3.63, 3.8) is 0 Å². The normalized spacial score (nSPS) is 14.4. The molecule has 0 aromatic heterocycles. The number of carbonyl (C=O) groups excluding carboxylic acids is 1. The van der Waals surface area contributed by atoms with E-state index in [2.05, 4.69) is 5.32 Å². The van der Waals surface area contributed by atoms with Crippen LogP contribution in [0.25, 0.3) is 5.57 Å². The van der Waals surface area contributed by atoms with Crippen molar-refractivity contribution in [3.05, 3.63) is 35.9 Å². The first kappa shape index (κ1) is 17.2. The Balaban J connectivity index is 2.58. The molecule has 0 saturated heterocycles. The van der Waals surface area contributed by atoms with Gasteiger partial charge in [0, 0.05) is 12.6 Å². The highest BCUT2D eigenvalue weighted by atomic mass is 16.5. The number of nitrogens with one attached hydrogen (secondary N) is 1. The summed E-state index contributed by atoms with van der Waals surface area (Å²) in [6.45, 7) is 6.14. The third kappa shape index (κ3) is 5.60. The smallest absolute Gasteiger partial charge is 0.244 e. The number of aliphatic hydroxyl groups excluding tert-OH is 1. The number of aliphatic hydroxyl groups is 1. The summed E-state index contributed by atoms with van der Waals surface area (Å²) in [5.74, 6) is 0.773. The number of amides is 1. The highest BCUT2D eigenvalue weighted by molar-refractivity contribution is 5.94. The summed E-state index contributed by atoms with van der Waals surface area (Å²) in [5.41, 5.74) is 1.83. The maximum atomic E-state index is 11.8. The fraction of sp³-hybridized carbons (Fsp3) is 0.471. The minimum Gasteiger partial charge on any atom is -0.497 e. The monoisotopic (exact) mass is 291 g/mol. The molecule has 4 nitrogen and oxygen atoms in total. The molecular formula is C17H25NO3. The molecule has 4 heteroatoms. The Hall–Kier alpha value is -1.81. The van der Waals surface area contributed by atoms with E-state index in [1.807, 2.05) is 45.0 Å². The van der Waals surface area contributed by atoms with Crippen LogP contribution in [0.4, 0.5) is 0 Å². The zero-order chi connectivity index (χ0) is 15.8. The van der Waals surface area contributed by atoms with Gasteiger partial charge in [-0.05, 0) is 36.1 Å². The summed E-state index contributed by atoms with van der Waals surface area (Å²) >= 11 is 0. The molecule has 116 valence electrons. The molecule has 1 aromatic rings. The molecule has 1 amide bonds. The van der Waals surface area contributed by atoms with Gasteiger partial charge in [-0.2, -0.15) is 0 Å². The first-order valence-corrected chi connectivity index (χ1v) is 7.26. The molecule has 0 aliphatic carbocycles. The van der Waals surface area contributed by atoms with Crippen LogP contribution in [0, 0.1) is 5.92 Å². The third-order valence-corrected chi connectivity index (χ3v) is 3.68. The van der Waals surface area contributed by atoms with E-state index in [1.54, 1.807) is 13.2 Å². The Labute approximate surface area is 126 Å². The molecule has 21 heavy (non-hydrogen) atoms. The van der Waals surface area contributed by atoms with Crippen LogP contribution in [-0.4, -0.2) is 30.8 Å². The number of hydrogen-bond acceptors (Lipinski definition) is 3. The second-order valence-corrected chi connectivity index (χ2v) is 5.25. The van der Waals surface area contributed by atoms with Crippen LogP contribution in [0.3, 0.4) is 0 Å². The summed E-state index contributed by atoms with van der Waals surface area (Å²) in [4.78, 5) is 11.8. The summed E-state index contributed by atoms with van der Waals surface area (Å²) in [7, 11) is 1.62. The highest BCUT2D eigenvalue weighted by Crippen LogP contribution is 2.17. The van der Waals surface area contributed by atoms with Gasteiger partial charge in [0.2, 0.25) is 5.91 Å². The fourth-order valence-corrected chi connectivity index (χ4v) is 1.86. The molecule has 0 spiro atoms. The van der Waals surface area contributed by atoms with Crippen LogP contribution in [-0.2, 0) is 4.79 Å². The molecule has 0 aliphatic rings. The SMILES string of the molecule is CCC(C)C(O)CNC(=O)/C=C(/C)c1ccc(OC)cc1. The fourth-order valence-electron chi connectivity index (χ4n) is 1.86. The topological polar surface area (TPSA) is 58.6 Å². The van der Waals surface area contributed by atoms with Gasteiger partial charge < -0.3 is 15.2 Å². The second kappa shape index (κ2) is 8.47. The number of ether oxygens (including phenoxy) is 1. The van der Waals surface area contributed by atoms with E-state index in [1.165, 1.54) is 0 Å². The molecule has 0 heterocycles. The predicted octanol–water partition coefficient (Wildman–Crippen LogP) is 2.62. The van der Waals surface area contributed by atoms with Gasteiger partial charge in [-0.15, -0.1) is 0 Å². The lowest BCUT2D eigenvalue weighted by molar-refractivity contribution is -0.117. The highest BCUT2D eigenvalue weighted by Gasteiger charge is 2.12. The zero-order valence-corrected chi connectivity index (χ0v) is 13.2. The van der Waals surface area contributed by atoms with Crippen molar-refractivity contribution in [2.24, 2.45) is 5.92 Å². The van der Waals surface area contributed by atoms with Crippen molar-refractivity contribution in [2.45, 2.75) is 33.3 Å². The van der Waals surface area contributed by atoms with Gasteiger partial charge in [-0.1, -0.05) is 32.4 Å². The van der Waals surface area contributed by atoms with Crippen LogP contribution >= 0.6 is 0 Å². The number of methoxy groups -OCH3 is 1. The first-order valence-electron chi connectivity index (χ1n) is 7.26. The van der Waals surface area contributed by atoms with Gasteiger partial charge in [-0.3, -0.25) is 4.79 Å². The summed E-state index contributed by atoms with van der Waals surface area (Å²) in [6, 6.07) is 7.53. The molecule has 0 aliphatic heterocycles. The van der Waals surface area contributed by atoms with Gasteiger partial charge >= 0.3 is 0 Å². The van der Waals surface area contributed by atoms with Crippen molar-refractivity contribution < 1.29 is 14.6 Å². The van der Waals surface area contributed by atoms with Crippen LogP contribution in [0.15, 0.2) is 30.3 Å². The molecule has 0 radical (unpaired) electrons. The van der Waals surface area contributed by atoms with Crippen LogP contribution < -0.4 is 10.1 Å². The Morgan fingerprint density at radius 2 is 2.00 bits per heavy atom. The van der Waals surface area contributed by atoms with Crippen molar-refractivity contribution in [1.82, 2.24) is 5.32 Å². The molecular weight excluding hydrogens is 266 g/mol. The Morgan fingerprint density at radius 3 is 2.52 bits per heavy atom. The number of carbonyl (C=O) groups is 1. The van der Waals surface area contributed by atoms with E-state index >= 15 is 0 Å². The largest absolute Gasteiger partial charge is 0.497 e. The quantitative estimate of drug-likeness (QED) is 0.759. The average Bonchev–Trinajstić information content (AvgIpc) is 2.51. The van der Waals surface area contributed by atoms with E-state index in [4.69, 9.17) is 4.74 Å². The summed E-state index contributed by atoms with van der Waals surface area (Å²) in [5, 5.41) is 12.6. The molecule has 2 unspecified atom stereocenters. The molecule has 2 atom stereocenters. The van der Waals surface area contributed by atoms with Crippen LogP contribution in [0.5, 0.6) is 5.75 Å². The van der Waals surface area contributed by atoms with Gasteiger partial charge in [0.05, 0.1) is 13.2 Å². The van der Waals surface area contributed by atoms with Crippen LogP contribution in [0.1, 0.15) is 32.8 Å². The number of hydrogen-bond donors (Lipinski definition) is 2. The minimum atomic E-state index is -0.506. The predicted molar refractivity (Wildman–Crippen MR) is 85.1 cm³/mol. The average molecular weight is 291 g/mol. The van der Waals surface area contributed by atoms with Gasteiger partial charge in [-0.25, -0.2) is 0 Å². The Bertz CT molecular complexity index is 479. The zero-order valence-electron chi connectivity index (χ0n) is 13.2. The molecule has 0 fully saturated rings. The van der Waals surface area contributed by atoms with E-state index in [0.717, 1.165) is 23.3 Å². The second-order valence-electron chi connectivity index (χ2n) is 5.25. The maximum absolute atomic E-state index is 11.8. The Morgan fingerprint density at radius 1 is 1.38 bits per heavy atom. The van der Waals surface area contributed by atoms with Crippen LogP contribution in [0.2, 0.25) is 0 Å². The van der Waals surface area contributed by atoms with E-state index in [9.17, 15) is 9.90 Å². The van der Waals surface area contributed by atoms with E-state index < -0.39 is 6.10 Å². The molecule has 1 aromatic carbocycles. The third-order valence-electron chi connectivity index (χ3n) is 3.68. The molecule has 0 bridgehead atoms. The summed E-state index contributed by atoms with van der Waals surface area (Å²) < 4.78 is 5.10. The van der Waals surface area contributed by atoms with Gasteiger partial charge in [0.15, 0.2) is 0 Å². The van der Waals surface area contributed by atoms with Crippen molar-refractivity contribution in [1.29, 1.82) is 0 Å². The summed E-state index contributed by atoms with van der Waals surface area (Å²) in [6.07, 6.45) is 1.93. The van der Waals surface area contributed by atoms with E-state index in [-0.39, 0.29) is 18.4 Å². The van der Waals surface area contributed by atoms with Crippen molar-refractivity contribution >= 4 is 11.5 Å². The number of rotatable bonds is 7. The van der Waals surface area contributed by atoms with Crippen molar-refractivity contribution in [3.8, 4) is 5.75 Å². The van der Waals surface area contributed by atoms with Gasteiger partial charge in [0.1, 0.15) is 5.75 Å². The van der Waals surface area contributed by atoms with Crippen molar-refractivity contribution in [2.75, 3.05) is 13.7 Å². The molecule has 1 rings (SSSR count). The maximum Gasteiger partial charge on any atom is 0.244 e. The lowest BCUT2D eigenvalue weighted by Crippen LogP contribution is -2.34. The molecule has 0 saturated carbocycles. The van der Waals surface area contributed by atoms with Gasteiger partial charge in [0.25, 0.3) is 0 Å². The Kier molecular flexibility index (Phi) is 6.96. The lowest BCUT2D eigenvalue weighted by atomic mass is 10.0. The van der Waals surface area contributed by atoms with E-state index in [0.29, 0.717) is 0 Å². The standard InChI is InChI=1S/C17H25NO3/c1-5-12(2)16(19)11-18-17(20)10-13(3)14-6-8-15(21-4)9-7-14/h6-10,12,16,19H,5,11H2,1-4H3,(H,18,20)/b13-10-. The molecule has 2 N–H and O–H groups in total. The first-order chi connectivity index (χ1) is 9.97.